The Balaban J connectivity index is 2.62. The number of hydrogen-bond donors (Lipinski definition) is 0. The Morgan fingerprint density at radius 2 is 2.60 bits per heavy atom. The summed E-state index contributed by atoms with van der Waals surface area (Å²) in [5.74, 6) is 0. The minimum absolute atomic E-state index is 0.908. The van der Waals surface area contributed by atoms with Gasteiger partial charge in [-0.15, -0.1) is 0 Å². The van der Waals surface area contributed by atoms with E-state index in [1.165, 1.54) is 0 Å². The van der Waals surface area contributed by atoms with E-state index in [2.05, 4.69) is 16.5 Å². The van der Waals surface area contributed by atoms with Gasteiger partial charge in [0, 0.05) is 12.2 Å². The Morgan fingerprint density at radius 1 is 1.80 bits per heavy atom. The quantitative estimate of drug-likeness (QED) is 0.524. The molecule has 1 rings (SSSR count). The first-order chi connectivity index (χ1) is 4.88. The van der Waals surface area contributed by atoms with E-state index in [4.69, 9.17) is 0 Å². The maximum atomic E-state index is 4.09. The summed E-state index contributed by atoms with van der Waals surface area (Å²) in [6, 6.07) is 0. The molecule has 0 unspecified atom stereocenters. The molecule has 0 spiro atoms. The Bertz CT molecular complexity index is 180. The van der Waals surface area contributed by atoms with Crippen LogP contribution in [-0.2, 0) is 0 Å². The average Bonchev–Trinajstić information content (AvgIpc) is 2.43. The van der Waals surface area contributed by atoms with Gasteiger partial charge in [-0.25, -0.2) is 0 Å². The van der Waals surface area contributed by atoms with Gasteiger partial charge in [0.05, 0.1) is 12.9 Å². The van der Waals surface area contributed by atoms with Crippen molar-refractivity contribution < 1.29 is 0 Å². The minimum atomic E-state index is 0.908. The summed E-state index contributed by atoms with van der Waals surface area (Å²) in [5, 5.41) is 0. The molecule has 0 fully saturated rings. The van der Waals surface area contributed by atoms with Crippen LogP contribution in [0, 0.1) is 0 Å². The highest BCUT2D eigenvalue weighted by Gasteiger charge is 2.05. The molecular weight excluding hydrogens is 124 g/mol. The summed E-state index contributed by atoms with van der Waals surface area (Å²) in [5.41, 5.74) is 1.14. The van der Waals surface area contributed by atoms with Crippen molar-refractivity contribution in [1.82, 2.24) is 4.90 Å². The van der Waals surface area contributed by atoms with Crippen molar-refractivity contribution in [2.45, 2.75) is 6.92 Å². The average molecular weight is 136 g/mol. The first-order valence-corrected chi connectivity index (χ1v) is 3.44. The van der Waals surface area contributed by atoms with Gasteiger partial charge in [0.15, 0.2) is 0 Å². The normalized spacial score (nSPS) is 18.1. The van der Waals surface area contributed by atoms with Gasteiger partial charge in [-0.05, 0) is 13.0 Å². The second-order valence-corrected chi connectivity index (χ2v) is 2.13. The molecule has 54 valence electrons. The molecule has 0 aromatic heterocycles. The molecule has 1 aliphatic heterocycles. The smallest absolute Gasteiger partial charge is 0.0895 e. The van der Waals surface area contributed by atoms with Gasteiger partial charge in [0.25, 0.3) is 0 Å². The van der Waals surface area contributed by atoms with Crippen LogP contribution >= 0.6 is 0 Å². The molecule has 0 saturated carbocycles. The van der Waals surface area contributed by atoms with Crippen molar-refractivity contribution in [2.24, 2.45) is 4.99 Å². The van der Waals surface area contributed by atoms with E-state index >= 15 is 0 Å². The lowest BCUT2D eigenvalue weighted by Crippen LogP contribution is -2.17. The predicted octanol–water partition coefficient (Wildman–Crippen LogP) is 1.42. The van der Waals surface area contributed by atoms with Gasteiger partial charge in [-0.3, -0.25) is 4.99 Å². The topological polar surface area (TPSA) is 15.6 Å². The summed E-state index contributed by atoms with van der Waals surface area (Å²) in [4.78, 5) is 6.18. The van der Waals surface area contributed by atoms with Crippen molar-refractivity contribution in [3.63, 3.8) is 0 Å². The van der Waals surface area contributed by atoms with Crippen LogP contribution in [0.3, 0.4) is 0 Å². The van der Waals surface area contributed by atoms with Crippen LogP contribution in [0.4, 0.5) is 0 Å². The van der Waals surface area contributed by atoms with E-state index in [0.29, 0.717) is 0 Å². The molecule has 2 heteroatoms. The number of hydrogen-bond acceptors (Lipinski definition) is 2. The van der Waals surface area contributed by atoms with E-state index < -0.39 is 0 Å². The molecular formula is C8H12N2. The van der Waals surface area contributed by atoms with Crippen molar-refractivity contribution in [3.8, 4) is 0 Å². The van der Waals surface area contributed by atoms with Crippen LogP contribution in [-0.4, -0.2) is 24.3 Å². The van der Waals surface area contributed by atoms with E-state index in [1.807, 2.05) is 25.4 Å². The second-order valence-electron chi connectivity index (χ2n) is 2.13. The standard InChI is InChI=1S/C8H12N2/c1-3-8(4-2)10-6-5-9-7-10/h3-4,7H,1,5-6H2,2H3. The Labute approximate surface area is 61.6 Å². The van der Waals surface area contributed by atoms with Gasteiger partial charge < -0.3 is 4.90 Å². The number of nitrogens with zero attached hydrogens (tertiary/aromatic N) is 2. The second kappa shape index (κ2) is 3.20. The Morgan fingerprint density at radius 3 is 3.00 bits per heavy atom. The molecule has 0 bridgehead atoms. The lowest BCUT2D eigenvalue weighted by Gasteiger charge is -2.13. The number of aliphatic imine (C=N–C) groups is 1. The van der Waals surface area contributed by atoms with Crippen molar-refractivity contribution in [2.75, 3.05) is 13.1 Å². The highest BCUT2D eigenvalue weighted by Crippen LogP contribution is 2.05. The summed E-state index contributed by atoms with van der Waals surface area (Å²) in [6.45, 7) is 7.61. The van der Waals surface area contributed by atoms with Crippen LogP contribution < -0.4 is 0 Å². The zero-order valence-corrected chi connectivity index (χ0v) is 6.25. The zero-order chi connectivity index (χ0) is 7.40. The van der Waals surface area contributed by atoms with Gasteiger partial charge in [-0.1, -0.05) is 12.7 Å². The van der Waals surface area contributed by atoms with Gasteiger partial charge in [0.1, 0.15) is 0 Å². The minimum Gasteiger partial charge on any atom is -0.331 e. The third-order valence-corrected chi connectivity index (χ3v) is 1.53. The molecule has 0 atom stereocenters. The maximum absolute atomic E-state index is 4.09. The molecule has 0 amide bonds. The lowest BCUT2D eigenvalue weighted by atomic mass is 10.3. The molecule has 0 aromatic carbocycles. The Kier molecular flexibility index (Phi) is 2.26. The number of rotatable bonds is 2. The molecule has 0 N–H and O–H groups in total. The summed E-state index contributed by atoms with van der Waals surface area (Å²) in [6.07, 6.45) is 5.73. The monoisotopic (exact) mass is 136 g/mol. The summed E-state index contributed by atoms with van der Waals surface area (Å²) in [7, 11) is 0. The van der Waals surface area contributed by atoms with Gasteiger partial charge in [0.2, 0.25) is 0 Å². The van der Waals surface area contributed by atoms with Crippen LogP contribution in [0.25, 0.3) is 0 Å². The fourth-order valence-electron chi connectivity index (χ4n) is 0.976. The SMILES string of the molecule is C=CC(=CC)N1C=NCC1. The van der Waals surface area contributed by atoms with E-state index in [1.54, 1.807) is 0 Å². The van der Waals surface area contributed by atoms with E-state index in [9.17, 15) is 0 Å². The number of allylic oxidation sites excluding steroid dienone is 2. The molecule has 2 nitrogen and oxygen atoms in total. The first-order valence-electron chi connectivity index (χ1n) is 3.44. The van der Waals surface area contributed by atoms with Crippen LogP contribution in [0.1, 0.15) is 6.92 Å². The maximum Gasteiger partial charge on any atom is 0.0895 e. The zero-order valence-electron chi connectivity index (χ0n) is 6.25. The summed E-state index contributed by atoms with van der Waals surface area (Å²) >= 11 is 0. The summed E-state index contributed by atoms with van der Waals surface area (Å²) < 4.78 is 0. The highest BCUT2D eigenvalue weighted by atomic mass is 15.2. The van der Waals surface area contributed by atoms with E-state index in [0.717, 1.165) is 18.8 Å². The van der Waals surface area contributed by atoms with Crippen molar-refractivity contribution >= 4 is 6.34 Å². The third kappa shape index (κ3) is 1.26. The fourth-order valence-corrected chi connectivity index (χ4v) is 0.976. The molecule has 0 aliphatic carbocycles. The van der Waals surface area contributed by atoms with Crippen molar-refractivity contribution in [1.29, 1.82) is 0 Å². The highest BCUT2D eigenvalue weighted by molar-refractivity contribution is 5.61. The van der Waals surface area contributed by atoms with E-state index in [-0.39, 0.29) is 0 Å². The molecule has 0 saturated heterocycles. The molecule has 10 heavy (non-hydrogen) atoms. The molecule has 1 heterocycles. The molecule has 0 radical (unpaired) electrons. The van der Waals surface area contributed by atoms with Crippen LogP contribution in [0.2, 0.25) is 0 Å². The molecule has 1 aliphatic rings. The van der Waals surface area contributed by atoms with Crippen molar-refractivity contribution in [3.05, 3.63) is 24.4 Å². The lowest BCUT2D eigenvalue weighted by molar-refractivity contribution is 0.590. The van der Waals surface area contributed by atoms with Crippen LogP contribution in [0.15, 0.2) is 29.4 Å². The van der Waals surface area contributed by atoms with Gasteiger partial charge >= 0.3 is 0 Å². The first kappa shape index (κ1) is 7.06. The largest absolute Gasteiger partial charge is 0.331 e. The van der Waals surface area contributed by atoms with Crippen LogP contribution in [0.5, 0.6) is 0 Å². The third-order valence-electron chi connectivity index (χ3n) is 1.53. The fraction of sp³-hybridized carbons (Fsp3) is 0.375. The van der Waals surface area contributed by atoms with Gasteiger partial charge in [-0.2, -0.15) is 0 Å². The predicted molar refractivity (Wildman–Crippen MR) is 44.0 cm³/mol. The molecule has 0 aromatic rings. The Hall–Kier alpha value is -1.05.